The highest BCUT2D eigenvalue weighted by Crippen LogP contribution is 2.28. The summed E-state index contributed by atoms with van der Waals surface area (Å²) >= 11 is 0. The van der Waals surface area contributed by atoms with Gasteiger partial charge in [-0.1, -0.05) is 18.2 Å². The SMILES string of the molecule is C=NCc1cccc2c(N)c(N)[nH]c12. The molecule has 1 heterocycles. The Bertz CT molecular complexity index is 484. The highest BCUT2D eigenvalue weighted by molar-refractivity contribution is 5.99. The van der Waals surface area contributed by atoms with Gasteiger partial charge in [0, 0.05) is 5.39 Å². The fourth-order valence-corrected chi connectivity index (χ4v) is 1.57. The van der Waals surface area contributed by atoms with Crippen molar-refractivity contribution in [2.45, 2.75) is 6.54 Å². The fourth-order valence-electron chi connectivity index (χ4n) is 1.57. The molecule has 4 nitrogen and oxygen atoms in total. The molecule has 1 aromatic carbocycles. The molecule has 0 spiro atoms. The number of nitrogens with two attached hydrogens (primary N) is 2. The van der Waals surface area contributed by atoms with Gasteiger partial charge in [-0.2, -0.15) is 0 Å². The first-order valence-corrected chi connectivity index (χ1v) is 4.31. The molecule has 5 N–H and O–H groups in total. The summed E-state index contributed by atoms with van der Waals surface area (Å²) in [5, 5.41) is 0.948. The molecular weight excluding hydrogens is 176 g/mol. The number of hydrogen-bond donors (Lipinski definition) is 3. The maximum Gasteiger partial charge on any atom is 0.125 e. The van der Waals surface area contributed by atoms with Crippen molar-refractivity contribution in [3.8, 4) is 0 Å². The zero-order valence-corrected chi connectivity index (χ0v) is 7.75. The number of rotatable bonds is 2. The Balaban J connectivity index is 2.74. The zero-order valence-electron chi connectivity index (χ0n) is 7.75. The lowest BCUT2D eigenvalue weighted by molar-refractivity contribution is 1.09. The lowest BCUT2D eigenvalue weighted by atomic mass is 10.1. The van der Waals surface area contributed by atoms with E-state index >= 15 is 0 Å². The molecule has 2 aromatic rings. The van der Waals surface area contributed by atoms with Crippen molar-refractivity contribution >= 4 is 29.1 Å². The summed E-state index contributed by atoms with van der Waals surface area (Å²) in [7, 11) is 0. The number of benzene rings is 1. The van der Waals surface area contributed by atoms with Crippen LogP contribution in [-0.2, 0) is 6.54 Å². The molecule has 0 aliphatic heterocycles. The molecule has 14 heavy (non-hydrogen) atoms. The lowest BCUT2D eigenvalue weighted by Crippen LogP contribution is -1.90. The standard InChI is InChI=1S/C10H12N4/c1-13-5-6-3-2-4-7-8(11)10(12)14-9(6)7/h2-4,14H,1,5,11-12H2. The van der Waals surface area contributed by atoms with E-state index in [0.29, 0.717) is 18.1 Å². The highest BCUT2D eigenvalue weighted by atomic mass is 14.9. The van der Waals surface area contributed by atoms with E-state index in [-0.39, 0.29) is 0 Å². The van der Waals surface area contributed by atoms with Crippen molar-refractivity contribution in [2.75, 3.05) is 11.5 Å². The quantitative estimate of drug-likeness (QED) is 0.625. The van der Waals surface area contributed by atoms with Crippen LogP contribution in [-0.4, -0.2) is 11.7 Å². The molecule has 0 unspecified atom stereocenters. The minimum absolute atomic E-state index is 0.511. The first kappa shape index (κ1) is 8.62. The van der Waals surface area contributed by atoms with Crippen molar-refractivity contribution in [3.05, 3.63) is 23.8 Å². The minimum atomic E-state index is 0.511. The average molecular weight is 188 g/mol. The van der Waals surface area contributed by atoms with Crippen molar-refractivity contribution in [3.63, 3.8) is 0 Å². The molecule has 0 saturated heterocycles. The van der Waals surface area contributed by atoms with Crippen LogP contribution in [0.4, 0.5) is 11.5 Å². The molecule has 1 aromatic heterocycles. The second kappa shape index (κ2) is 3.06. The van der Waals surface area contributed by atoms with Crippen molar-refractivity contribution in [1.29, 1.82) is 0 Å². The van der Waals surface area contributed by atoms with E-state index in [1.165, 1.54) is 0 Å². The van der Waals surface area contributed by atoms with E-state index in [9.17, 15) is 0 Å². The Morgan fingerprint density at radius 1 is 1.36 bits per heavy atom. The fraction of sp³-hybridized carbons (Fsp3) is 0.100. The summed E-state index contributed by atoms with van der Waals surface area (Å²) < 4.78 is 0. The molecule has 0 saturated carbocycles. The molecule has 0 aliphatic rings. The highest BCUT2D eigenvalue weighted by Gasteiger charge is 2.07. The van der Waals surface area contributed by atoms with Gasteiger partial charge in [0.25, 0.3) is 0 Å². The summed E-state index contributed by atoms with van der Waals surface area (Å²) in [6, 6.07) is 5.85. The molecule has 0 aliphatic carbocycles. The van der Waals surface area contributed by atoms with Gasteiger partial charge in [-0.15, -0.1) is 0 Å². The number of nitrogens with zero attached hydrogens (tertiary/aromatic N) is 1. The summed E-state index contributed by atoms with van der Waals surface area (Å²) in [5.74, 6) is 0.511. The number of para-hydroxylation sites is 1. The van der Waals surface area contributed by atoms with Gasteiger partial charge in [0.05, 0.1) is 17.7 Å². The van der Waals surface area contributed by atoms with Crippen LogP contribution in [0.2, 0.25) is 0 Å². The molecular formula is C10H12N4. The number of fused-ring (bicyclic) bond motifs is 1. The number of hydrogen-bond acceptors (Lipinski definition) is 3. The smallest absolute Gasteiger partial charge is 0.125 e. The predicted molar refractivity (Wildman–Crippen MR) is 60.4 cm³/mol. The summed E-state index contributed by atoms with van der Waals surface area (Å²) in [5.41, 5.74) is 14.1. The van der Waals surface area contributed by atoms with E-state index in [0.717, 1.165) is 16.5 Å². The second-order valence-corrected chi connectivity index (χ2v) is 3.17. The lowest BCUT2D eigenvalue weighted by Gasteiger charge is -1.98. The molecule has 0 radical (unpaired) electrons. The number of aliphatic imine (C=N–C) groups is 1. The Morgan fingerprint density at radius 3 is 2.86 bits per heavy atom. The van der Waals surface area contributed by atoms with Gasteiger partial charge in [-0.25, -0.2) is 0 Å². The third-order valence-electron chi connectivity index (χ3n) is 2.27. The van der Waals surface area contributed by atoms with Crippen molar-refractivity contribution in [1.82, 2.24) is 4.98 Å². The second-order valence-electron chi connectivity index (χ2n) is 3.17. The topological polar surface area (TPSA) is 80.2 Å². The van der Waals surface area contributed by atoms with Crippen LogP contribution in [0, 0.1) is 0 Å². The van der Waals surface area contributed by atoms with Gasteiger partial charge in [0.15, 0.2) is 0 Å². The van der Waals surface area contributed by atoms with E-state index in [2.05, 4.69) is 16.7 Å². The van der Waals surface area contributed by atoms with Crippen LogP contribution >= 0.6 is 0 Å². The molecule has 72 valence electrons. The Morgan fingerprint density at radius 2 is 2.14 bits per heavy atom. The maximum absolute atomic E-state index is 5.80. The van der Waals surface area contributed by atoms with Crippen LogP contribution in [0.5, 0.6) is 0 Å². The van der Waals surface area contributed by atoms with Crippen molar-refractivity contribution < 1.29 is 0 Å². The first-order chi connectivity index (χ1) is 6.74. The Labute approximate surface area is 81.6 Å². The number of nitrogens with one attached hydrogen (secondary N) is 1. The number of aromatic nitrogens is 1. The molecule has 2 rings (SSSR count). The van der Waals surface area contributed by atoms with Crippen LogP contribution in [0.3, 0.4) is 0 Å². The predicted octanol–water partition coefficient (Wildman–Crippen LogP) is 1.53. The normalized spacial score (nSPS) is 10.6. The summed E-state index contributed by atoms with van der Waals surface area (Å²) in [6.07, 6.45) is 0. The molecule has 0 atom stereocenters. The largest absolute Gasteiger partial charge is 0.395 e. The number of H-pyrrole nitrogens is 1. The van der Waals surface area contributed by atoms with E-state index in [1.54, 1.807) is 0 Å². The molecule has 0 amide bonds. The minimum Gasteiger partial charge on any atom is -0.395 e. The third-order valence-corrected chi connectivity index (χ3v) is 2.27. The van der Waals surface area contributed by atoms with Gasteiger partial charge < -0.3 is 16.5 Å². The number of nitrogen functional groups attached to an aromatic ring is 2. The average Bonchev–Trinajstić information content (AvgIpc) is 2.46. The summed E-state index contributed by atoms with van der Waals surface area (Å²) in [4.78, 5) is 6.89. The van der Waals surface area contributed by atoms with Gasteiger partial charge >= 0.3 is 0 Å². The van der Waals surface area contributed by atoms with Crippen LogP contribution in [0.25, 0.3) is 10.9 Å². The first-order valence-electron chi connectivity index (χ1n) is 4.31. The van der Waals surface area contributed by atoms with Gasteiger partial charge in [0.1, 0.15) is 5.82 Å². The molecule has 0 fully saturated rings. The van der Waals surface area contributed by atoms with Crippen molar-refractivity contribution in [2.24, 2.45) is 4.99 Å². The van der Waals surface area contributed by atoms with Crippen LogP contribution in [0.15, 0.2) is 23.2 Å². The van der Waals surface area contributed by atoms with E-state index < -0.39 is 0 Å². The van der Waals surface area contributed by atoms with Gasteiger partial charge in [0.2, 0.25) is 0 Å². The third kappa shape index (κ3) is 1.12. The van der Waals surface area contributed by atoms with Crippen LogP contribution < -0.4 is 11.5 Å². The van der Waals surface area contributed by atoms with Gasteiger partial charge in [-0.3, -0.25) is 4.99 Å². The molecule has 0 bridgehead atoms. The summed E-state index contributed by atoms with van der Waals surface area (Å²) in [6.45, 7) is 4.03. The monoisotopic (exact) mass is 188 g/mol. The number of aromatic amines is 1. The van der Waals surface area contributed by atoms with E-state index in [4.69, 9.17) is 11.5 Å². The maximum atomic E-state index is 5.80. The van der Waals surface area contributed by atoms with Gasteiger partial charge in [-0.05, 0) is 12.3 Å². The Hall–Kier alpha value is -1.97. The zero-order chi connectivity index (χ0) is 10.1. The molecule has 4 heteroatoms. The van der Waals surface area contributed by atoms with Crippen LogP contribution in [0.1, 0.15) is 5.56 Å². The number of anilines is 2. The Kier molecular flexibility index (Phi) is 1.89. The van der Waals surface area contributed by atoms with E-state index in [1.807, 2.05) is 18.2 Å².